The van der Waals surface area contributed by atoms with E-state index in [1.54, 1.807) is 16.2 Å². The minimum atomic E-state index is -0.0339. The van der Waals surface area contributed by atoms with Crippen LogP contribution in [-0.2, 0) is 4.79 Å². The number of thiophene rings is 1. The van der Waals surface area contributed by atoms with E-state index in [2.05, 4.69) is 29.2 Å². The first-order chi connectivity index (χ1) is 13.1. The molecule has 3 aromatic rings. The summed E-state index contributed by atoms with van der Waals surface area (Å²) in [6.07, 6.45) is 1.88. The van der Waals surface area contributed by atoms with Crippen LogP contribution in [0.5, 0.6) is 0 Å². The van der Waals surface area contributed by atoms with E-state index in [1.165, 1.54) is 5.39 Å². The molecule has 2 heterocycles. The van der Waals surface area contributed by atoms with Gasteiger partial charge in [0, 0.05) is 23.5 Å². The van der Waals surface area contributed by atoms with Crippen molar-refractivity contribution in [2.45, 2.75) is 0 Å². The van der Waals surface area contributed by atoms with E-state index in [0.717, 1.165) is 28.2 Å². The van der Waals surface area contributed by atoms with Crippen LogP contribution in [0.1, 0.15) is 10.4 Å². The predicted octanol–water partition coefficient (Wildman–Crippen LogP) is 4.09. The number of hydrogen-bond acceptors (Lipinski definition) is 4. The van der Waals surface area contributed by atoms with Gasteiger partial charge in [0.1, 0.15) is 11.5 Å². The number of carbonyl (C=O) groups is 1. The van der Waals surface area contributed by atoms with Gasteiger partial charge in [-0.2, -0.15) is 0 Å². The first-order valence-electron chi connectivity index (χ1n) is 8.91. The maximum absolute atomic E-state index is 13.0. The highest BCUT2D eigenvalue weighted by molar-refractivity contribution is 7.10. The molecule has 0 spiro atoms. The van der Waals surface area contributed by atoms with Gasteiger partial charge in [-0.05, 0) is 48.5 Å². The van der Waals surface area contributed by atoms with Crippen molar-refractivity contribution in [1.82, 2.24) is 9.80 Å². The van der Waals surface area contributed by atoms with Crippen LogP contribution in [0.15, 0.2) is 70.7 Å². The third-order valence-corrected chi connectivity index (χ3v) is 5.37. The minimum absolute atomic E-state index is 0.0339. The third-order valence-electron chi connectivity index (χ3n) is 4.55. The Bertz CT molecular complexity index is 1030. The van der Waals surface area contributed by atoms with Gasteiger partial charge < -0.3 is 4.90 Å². The molecule has 2 aromatic carbocycles. The number of carbonyl (C=O) groups excluding carboxylic acids is 1. The molecule has 0 fully saturated rings. The summed E-state index contributed by atoms with van der Waals surface area (Å²) in [4.78, 5) is 22.7. The number of aliphatic imine (C=N–C) groups is 1. The van der Waals surface area contributed by atoms with E-state index in [-0.39, 0.29) is 5.91 Å². The number of amides is 1. The number of hydrogen-bond donors (Lipinski definition) is 0. The molecule has 0 unspecified atom stereocenters. The molecule has 1 amide bonds. The molecule has 0 atom stereocenters. The second-order valence-corrected chi connectivity index (χ2v) is 7.78. The Morgan fingerprint density at radius 3 is 2.63 bits per heavy atom. The van der Waals surface area contributed by atoms with Crippen molar-refractivity contribution < 1.29 is 4.79 Å². The molecule has 27 heavy (non-hydrogen) atoms. The number of nitrogens with zero attached hydrogens (tertiary/aromatic N) is 3. The summed E-state index contributed by atoms with van der Waals surface area (Å²) in [7, 11) is 4.02. The molecule has 4 nitrogen and oxygen atoms in total. The van der Waals surface area contributed by atoms with Gasteiger partial charge in [0.2, 0.25) is 0 Å². The van der Waals surface area contributed by atoms with Crippen molar-refractivity contribution in [1.29, 1.82) is 0 Å². The summed E-state index contributed by atoms with van der Waals surface area (Å²) >= 11 is 1.61. The van der Waals surface area contributed by atoms with Crippen LogP contribution in [0.2, 0.25) is 0 Å². The number of likely N-dealkylation sites (N-methyl/N-ethyl adjacent to an activating group) is 1. The quantitative estimate of drug-likeness (QED) is 0.630. The molecule has 4 rings (SSSR count). The molecule has 0 aliphatic carbocycles. The average Bonchev–Trinajstić information content (AvgIpc) is 3.28. The van der Waals surface area contributed by atoms with Crippen molar-refractivity contribution >= 4 is 39.9 Å². The standard InChI is InChI=1S/C22H21N3OS/c1-24(2)11-12-25-21(18-10-9-16-6-3-4-7-17(16)14-18)23-20(22(25)26)15-19-8-5-13-27-19/h3-10,13-15H,11-12H2,1-2H3/b20-15-. The van der Waals surface area contributed by atoms with Gasteiger partial charge in [0.05, 0.1) is 0 Å². The second-order valence-electron chi connectivity index (χ2n) is 6.80. The monoisotopic (exact) mass is 375 g/mol. The second kappa shape index (κ2) is 7.47. The number of rotatable bonds is 5. The Labute approximate surface area is 163 Å². The third kappa shape index (κ3) is 3.70. The molecule has 136 valence electrons. The van der Waals surface area contributed by atoms with Gasteiger partial charge >= 0.3 is 0 Å². The summed E-state index contributed by atoms with van der Waals surface area (Å²) in [6.45, 7) is 1.39. The van der Waals surface area contributed by atoms with E-state index in [1.807, 2.05) is 55.9 Å². The summed E-state index contributed by atoms with van der Waals surface area (Å²) in [5.41, 5.74) is 1.47. The minimum Gasteiger partial charge on any atom is -0.308 e. The van der Waals surface area contributed by atoms with Gasteiger partial charge in [0.15, 0.2) is 0 Å². The highest BCUT2D eigenvalue weighted by Crippen LogP contribution is 2.25. The summed E-state index contributed by atoms with van der Waals surface area (Å²) in [5.74, 6) is 0.698. The van der Waals surface area contributed by atoms with Gasteiger partial charge in [0.25, 0.3) is 5.91 Å². The highest BCUT2D eigenvalue weighted by Gasteiger charge is 2.31. The fourth-order valence-electron chi connectivity index (χ4n) is 3.12. The topological polar surface area (TPSA) is 35.9 Å². The van der Waals surface area contributed by atoms with Gasteiger partial charge in [-0.1, -0.05) is 42.5 Å². The smallest absolute Gasteiger partial charge is 0.278 e. The molecular formula is C22H21N3OS. The summed E-state index contributed by atoms with van der Waals surface area (Å²) in [5, 5.41) is 4.33. The Kier molecular flexibility index (Phi) is 4.88. The van der Waals surface area contributed by atoms with Crippen LogP contribution in [-0.4, -0.2) is 48.7 Å². The van der Waals surface area contributed by atoms with E-state index in [4.69, 9.17) is 4.99 Å². The zero-order valence-corrected chi connectivity index (χ0v) is 16.2. The van der Waals surface area contributed by atoms with E-state index in [9.17, 15) is 4.79 Å². The lowest BCUT2D eigenvalue weighted by molar-refractivity contribution is -0.122. The highest BCUT2D eigenvalue weighted by atomic mass is 32.1. The normalized spacial score (nSPS) is 16.0. The molecule has 1 aromatic heterocycles. The molecule has 0 saturated heterocycles. The Hall–Kier alpha value is -2.76. The van der Waals surface area contributed by atoms with Crippen LogP contribution < -0.4 is 0 Å². The van der Waals surface area contributed by atoms with Crippen LogP contribution in [0.3, 0.4) is 0 Å². The van der Waals surface area contributed by atoms with Crippen LogP contribution >= 0.6 is 11.3 Å². The summed E-state index contributed by atoms with van der Waals surface area (Å²) in [6, 6.07) is 18.5. The van der Waals surface area contributed by atoms with Crippen molar-refractivity contribution in [3.63, 3.8) is 0 Å². The molecule has 1 aliphatic heterocycles. The molecule has 1 aliphatic rings. The largest absolute Gasteiger partial charge is 0.308 e. The first kappa shape index (κ1) is 17.6. The van der Waals surface area contributed by atoms with Crippen LogP contribution in [0.4, 0.5) is 0 Å². The van der Waals surface area contributed by atoms with E-state index in [0.29, 0.717) is 12.2 Å². The lowest BCUT2D eigenvalue weighted by Crippen LogP contribution is -2.38. The van der Waals surface area contributed by atoms with Crippen molar-refractivity contribution in [2.24, 2.45) is 4.99 Å². The Balaban J connectivity index is 1.75. The Morgan fingerprint density at radius 2 is 1.89 bits per heavy atom. The van der Waals surface area contributed by atoms with Crippen LogP contribution in [0.25, 0.3) is 16.8 Å². The van der Waals surface area contributed by atoms with Gasteiger partial charge in [-0.3, -0.25) is 9.69 Å². The maximum Gasteiger partial charge on any atom is 0.278 e. The summed E-state index contributed by atoms with van der Waals surface area (Å²) < 4.78 is 0. The molecule has 0 bridgehead atoms. The number of fused-ring (bicyclic) bond motifs is 1. The predicted molar refractivity (Wildman–Crippen MR) is 113 cm³/mol. The average molecular weight is 375 g/mol. The van der Waals surface area contributed by atoms with Gasteiger partial charge in [-0.25, -0.2) is 4.99 Å². The molecule has 0 radical (unpaired) electrons. The van der Waals surface area contributed by atoms with Crippen molar-refractivity contribution in [3.8, 4) is 0 Å². The Morgan fingerprint density at radius 1 is 1.07 bits per heavy atom. The lowest BCUT2D eigenvalue weighted by Gasteiger charge is -2.20. The van der Waals surface area contributed by atoms with E-state index >= 15 is 0 Å². The molecule has 5 heteroatoms. The van der Waals surface area contributed by atoms with Crippen molar-refractivity contribution in [3.05, 3.63) is 76.1 Å². The first-order valence-corrected chi connectivity index (χ1v) is 9.79. The maximum atomic E-state index is 13.0. The molecule has 0 saturated carbocycles. The van der Waals surface area contributed by atoms with Gasteiger partial charge in [-0.15, -0.1) is 11.3 Å². The zero-order valence-electron chi connectivity index (χ0n) is 15.4. The SMILES string of the molecule is CN(C)CCN1C(=O)/C(=C/c2cccs2)N=C1c1ccc2ccccc2c1. The lowest BCUT2D eigenvalue weighted by atomic mass is 10.1. The molecular weight excluding hydrogens is 354 g/mol. The number of amidine groups is 1. The van der Waals surface area contributed by atoms with E-state index < -0.39 is 0 Å². The fourth-order valence-corrected chi connectivity index (χ4v) is 3.77. The number of benzene rings is 2. The van der Waals surface area contributed by atoms with Crippen LogP contribution in [0, 0.1) is 0 Å². The molecule has 0 N–H and O–H groups in total. The fraction of sp³-hybridized carbons (Fsp3) is 0.182. The zero-order chi connectivity index (χ0) is 18.8. The van der Waals surface area contributed by atoms with Crippen molar-refractivity contribution in [2.75, 3.05) is 27.2 Å².